The molecule has 1 aliphatic carbocycles. The molecule has 2 aromatic rings. The second-order valence-corrected chi connectivity index (χ2v) is 5.95. The largest absolute Gasteiger partial charge is 0.324 e. The topological polar surface area (TPSA) is 40.6 Å². The third-order valence-electron chi connectivity index (χ3n) is 4.34. The molecule has 0 fully saturated rings. The molecule has 0 N–H and O–H groups in total. The first-order valence-electron chi connectivity index (χ1n) is 7.59. The van der Waals surface area contributed by atoms with E-state index >= 15 is 0 Å². The Morgan fingerprint density at radius 3 is 2.13 bits per heavy atom. The predicted molar refractivity (Wildman–Crippen MR) is 88.5 cm³/mol. The van der Waals surface area contributed by atoms with Gasteiger partial charge in [0, 0.05) is 28.9 Å². The van der Waals surface area contributed by atoms with Crippen LogP contribution >= 0.6 is 0 Å². The summed E-state index contributed by atoms with van der Waals surface area (Å²) in [5, 5.41) is 0. The molecule has 2 aromatic carbocycles. The molecule has 0 amide bonds. The lowest BCUT2D eigenvalue weighted by Gasteiger charge is -2.39. The first-order valence-corrected chi connectivity index (χ1v) is 7.59. The van der Waals surface area contributed by atoms with Crippen molar-refractivity contribution >= 4 is 17.3 Å². The minimum absolute atomic E-state index is 0.0392. The summed E-state index contributed by atoms with van der Waals surface area (Å²) in [5.74, 6) is -0.102. The summed E-state index contributed by atoms with van der Waals surface area (Å²) in [6.45, 7) is 1.08. The van der Waals surface area contributed by atoms with E-state index in [-0.39, 0.29) is 11.6 Å². The van der Waals surface area contributed by atoms with E-state index in [2.05, 4.69) is 0 Å². The number of carbonyl (C=O) groups is 2. The summed E-state index contributed by atoms with van der Waals surface area (Å²) in [6, 6.07) is 16.8. The maximum absolute atomic E-state index is 13.0. The SMILES string of the molecule is CN1CC2=C(C(=O)c3ccccc3C2=O)N(c2ccccc2)C1. The van der Waals surface area contributed by atoms with Crippen molar-refractivity contribution in [1.82, 2.24) is 4.90 Å². The zero-order valence-corrected chi connectivity index (χ0v) is 12.8. The number of para-hydroxylation sites is 1. The lowest BCUT2D eigenvalue weighted by molar-refractivity contribution is 0.0955. The van der Waals surface area contributed by atoms with Gasteiger partial charge in [-0.1, -0.05) is 42.5 Å². The van der Waals surface area contributed by atoms with Crippen molar-refractivity contribution in [3.8, 4) is 0 Å². The highest BCUT2D eigenvalue weighted by Gasteiger charge is 2.38. The van der Waals surface area contributed by atoms with E-state index in [4.69, 9.17) is 0 Å². The molecule has 0 spiro atoms. The van der Waals surface area contributed by atoms with Crippen LogP contribution in [0.4, 0.5) is 5.69 Å². The number of ketones is 2. The highest BCUT2D eigenvalue weighted by molar-refractivity contribution is 6.28. The normalized spacial score (nSPS) is 18.0. The summed E-state index contributed by atoms with van der Waals surface area (Å²) in [7, 11) is 1.96. The number of anilines is 1. The van der Waals surface area contributed by atoms with Gasteiger partial charge in [-0.25, -0.2) is 0 Å². The average molecular weight is 304 g/mol. The molecule has 0 unspecified atom stereocenters. The minimum atomic E-state index is -0.0628. The van der Waals surface area contributed by atoms with Crippen molar-refractivity contribution in [3.63, 3.8) is 0 Å². The first kappa shape index (κ1) is 13.9. The molecule has 1 aliphatic heterocycles. The third kappa shape index (κ3) is 2.11. The molecular weight excluding hydrogens is 288 g/mol. The van der Waals surface area contributed by atoms with E-state index in [0.717, 1.165) is 5.69 Å². The first-order chi connectivity index (χ1) is 11.2. The number of hydrogen-bond donors (Lipinski definition) is 0. The van der Waals surface area contributed by atoms with Crippen LogP contribution in [0.5, 0.6) is 0 Å². The van der Waals surface area contributed by atoms with E-state index in [1.165, 1.54) is 0 Å². The van der Waals surface area contributed by atoms with Crippen LogP contribution in [0.2, 0.25) is 0 Å². The quantitative estimate of drug-likeness (QED) is 0.812. The lowest BCUT2D eigenvalue weighted by Crippen LogP contribution is -2.47. The zero-order chi connectivity index (χ0) is 16.0. The Morgan fingerprint density at radius 2 is 1.43 bits per heavy atom. The van der Waals surface area contributed by atoms with Crippen molar-refractivity contribution < 1.29 is 9.59 Å². The summed E-state index contributed by atoms with van der Waals surface area (Å²) < 4.78 is 0. The van der Waals surface area contributed by atoms with E-state index in [0.29, 0.717) is 35.6 Å². The van der Waals surface area contributed by atoms with E-state index in [9.17, 15) is 9.59 Å². The second kappa shape index (κ2) is 5.18. The number of nitrogens with zero attached hydrogens (tertiary/aromatic N) is 2. The average Bonchev–Trinajstić information content (AvgIpc) is 2.59. The Labute approximate surface area is 134 Å². The molecule has 4 heteroatoms. The molecule has 23 heavy (non-hydrogen) atoms. The number of fused-ring (bicyclic) bond motifs is 1. The van der Waals surface area contributed by atoms with Gasteiger partial charge in [-0.05, 0) is 19.2 Å². The van der Waals surface area contributed by atoms with E-state index in [1.54, 1.807) is 24.3 Å². The van der Waals surface area contributed by atoms with Crippen LogP contribution in [-0.2, 0) is 0 Å². The van der Waals surface area contributed by atoms with Crippen LogP contribution < -0.4 is 4.90 Å². The van der Waals surface area contributed by atoms with Crippen LogP contribution in [0.25, 0.3) is 0 Å². The fourth-order valence-corrected chi connectivity index (χ4v) is 3.30. The van der Waals surface area contributed by atoms with Crippen LogP contribution in [0.15, 0.2) is 65.9 Å². The molecule has 0 saturated heterocycles. The number of Topliss-reactive ketones (excluding diaryl/α,β-unsaturated/α-hetero) is 2. The van der Waals surface area contributed by atoms with Crippen molar-refractivity contribution in [1.29, 1.82) is 0 Å². The van der Waals surface area contributed by atoms with Gasteiger partial charge >= 0.3 is 0 Å². The molecule has 1 heterocycles. The van der Waals surface area contributed by atoms with Gasteiger partial charge in [0.05, 0.1) is 12.4 Å². The van der Waals surface area contributed by atoms with Gasteiger partial charge in [0.2, 0.25) is 5.78 Å². The lowest BCUT2D eigenvalue weighted by atomic mass is 9.85. The number of rotatable bonds is 1. The third-order valence-corrected chi connectivity index (χ3v) is 4.34. The van der Waals surface area contributed by atoms with Crippen LogP contribution in [0.1, 0.15) is 20.7 Å². The molecule has 4 nitrogen and oxygen atoms in total. The van der Waals surface area contributed by atoms with Crippen LogP contribution in [0, 0.1) is 0 Å². The molecule has 2 aliphatic rings. The molecule has 114 valence electrons. The Balaban J connectivity index is 1.91. The molecule has 0 bridgehead atoms. The van der Waals surface area contributed by atoms with Gasteiger partial charge < -0.3 is 4.90 Å². The molecule has 0 atom stereocenters. The van der Waals surface area contributed by atoms with Crippen molar-refractivity contribution in [2.45, 2.75) is 0 Å². The molecular formula is C19H16N2O2. The maximum atomic E-state index is 13.0. The van der Waals surface area contributed by atoms with E-state index < -0.39 is 0 Å². The van der Waals surface area contributed by atoms with Crippen LogP contribution in [0.3, 0.4) is 0 Å². The Bertz CT molecular complexity index is 839. The highest BCUT2D eigenvalue weighted by Crippen LogP contribution is 2.34. The van der Waals surface area contributed by atoms with Crippen molar-refractivity contribution in [3.05, 3.63) is 77.0 Å². The smallest absolute Gasteiger partial charge is 0.210 e. The van der Waals surface area contributed by atoms with Crippen LogP contribution in [-0.4, -0.2) is 36.7 Å². The number of hydrogen-bond acceptors (Lipinski definition) is 4. The monoisotopic (exact) mass is 304 g/mol. The highest BCUT2D eigenvalue weighted by atomic mass is 16.1. The fourth-order valence-electron chi connectivity index (χ4n) is 3.30. The number of benzene rings is 2. The Morgan fingerprint density at radius 1 is 0.826 bits per heavy atom. The molecule has 0 aromatic heterocycles. The van der Waals surface area contributed by atoms with Gasteiger partial charge in [-0.2, -0.15) is 0 Å². The fraction of sp³-hybridized carbons (Fsp3) is 0.158. The van der Waals surface area contributed by atoms with E-state index in [1.807, 2.05) is 47.2 Å². The van der Waals surface area contributed by atoms with Gasteiger partial charge in [0.1, 0.15) is 0 Å². The van der Waals surface area contributed by atoms with Crippen molar-refractivity contribution in [2.75, 3.05) is 25.2 Å². The molecule has 4 rings (SSSR count). The standard InChI is InChI=1S/C19H16N2O2/c1-20-11-16-17(21(12-20)13-7-3-2-4-8-13)19(23)15-10-6-5-9-14(15)18(16)22/h2-10H,11-12H2,1H3. The van der Waals surface area contributed by atoms with Gasteiger partial charge in [0.25, 0.3) is 0 Å². The van der Waals surface area contributed by atoms with Gasteiger partial charge in [-0.15, -0.1) is 0 Å². The van der Waals surface area contributed by atoms with Gasteiger partial charge in [0.15, 0.2) is 5.78 Å². The molecule has 0 radical (unpaired) electrons. The summed E-state index contributed by atoms with van der Waals surface area (Å²) in [5.41, 5.74) is 3.05. The predicted octanol–water partition coefficient (Wildman–Crippen LogP) is 2.73. The number of allylic oxidation sites excluding steroid dienone is 1. The number of carbonyl (C=O) groups excluding carboxylic acids is 2. The Kier molecular flexibility index (Phi) is 3.13. The summed E-state index contributed by atoms with van der Waals surface area (Å²) in [6.07, 6.45) is 0. The van der Waals surface area contributed by atoms with Gasteiger partial charge in [-0.3, -0.25) is 14.5 Å². The summed E-state index contributed by atoms with van der Waals surface area (Å²) in [4.78, 5) is 29.9. The second-order valence-electron chi connectivity index (χ2n) is 5.95. The Hall–Kier alpha value is -2.72. The summed E-state index contributed by atoms with van der Waals surface area (Å²) >= 11 is 0. The molecule has 0 saturated carbocycles. The zero-order valence-electron chi connectivity index (χ0n) is 12.8. The van der Waals surface area contributed by atoms with Crippen molar-refractivity contribution in [2.24, 2.45) is 0 Å². The maximum Gasteiger partial charge on any atom is 0.210 e. The number of likely N-dealkylation sites (N-methyl/N-ethyl adjacent to an activating group) is 1. The minimum Gasteiger partial charge on any atom is -0.324 e.